The number of rotatable bonds is 5. The van der Waals surface area contributed by atoms with E-state index < -0.39 is 0 Å². The number of hydrogen-bond acceptors (Lipinski definition) is 4. The van der Waals surface area contributed by atoms with Crippen LogP contribution < -0.4 is 10.9 Å². The van der Waals surface area contributed by atoms with Crippen LogP contribution in [0.15, 0.2) is 59.4 Å². The highest BCUT2D eigenvalue weighted by Gasteiger charge is 2.23. The van der Waals surface area contributed by atoms with Gasteiger partial charge in [0.05, 0.1) is 5.69 Å². The number of carbonyl (C=O) groups excluding carboxylic acids is 1. The minimum Gasteiger partial charge on any atom is -0.325 e. The second-order valence-corrected chi connectivity index (χ2v) is 7.91. The first kappa shape index (κ1) is 20.3. The molecule has 30 heavy (non-hydrogen) atoms. The third-order valence-corrected chi connectivity index (χ3v) is 5.52. The molecule has 0 saturated carbocycles. The molecule has 6 nitrogen and oxygen atoms in total. The number of hydrogen-bond donors (Lipinski definition) is 1. The first-order valence-electron chi connectivity index (χ1n) is 9.90. The lowest BCUT2D eigenvalue weighted by Crippen LogP contribution is -2.39. The van der Waals surface area contributed by atoms with E-state index in [-0.39, 0.29) is 18.0 Å². The maximum Gasteiger partial charge on any atom is 0.257 e. The van der Waals surface area contributed by atoms with E-state index in [1.54, 1.807) is 31.2 Å². The molecule has 1 aliphatic heterocycles. The van der Waals surface area contributed by atoms with Crippen LogP contribution >= 0.6 is 11.6 Å². The van der Waals surface area contributed by atoms with E-state index in [4.69, 9.17) is 11.6 Å². The summed E-state index contributed by atoms with van der Waals surface area (Å²) < 4.78 is 1.46. The van der Waals surface area contributed by atoms with Crippen molar-refractivity contribution in [3.63, 3.8) is 0 Å². The van der Waals surface area contributed by atoms with Gasteiger partial charge in [-0.05, 0) is 43.2 Å². The third kappa shape index (κ3) is 4.61. The third-order valence-electron chi connectivity index (χ3n) is 5.27. The highest BCUT2D eigenvalue weighted by Crippen LogP contribution is 2.17. The smallest absolute Gasteiger partial charge is 0.257 e. The molecule has 0 bridgehead atoms. The Labute approximate surface area is 180 Å². The molecule has 154 valence electrons. The Morgan fingerprint density at radius 1 is 1.13 bits per heavy atom. The second kappa shape index (κ2) is 8.81. The van der Waals surface area contributed by atoms with E-state index in [0.717, 1.165) is 18.8 Å². The molecule has 0 radical (unpaired) electrons. The molecule has 1 amide bonds. The van der Waals surface area contributed by atoms with Gasteiger partial charge in [-0.25, -0.2) is 4.98 Å². The van der Waals surface area contributed by atoms with Crippen LogP contribution in [-0.4, -0.2) is 26.9 Å². The number of aromatic nitrogens is 2. The van der Waals surface area contributed by atoms with Crippen molar-refractivity contribution in [3.05, 3.63) is 92.6 Å². The highest BCUT2D eigenvalue weighted by atomic mass is 35.5. The Bertz CT molecular complexity index is 1110. The summed E-state index contributed by atoms with van der Waals surface area (Å²) in [5.74, 6) is 0.275. The van der Waals surface area contributed by atoms with Gasteiger partial charge >= 0.3 is 0 Å². The lowest BCUT2D eigenvalue weighted by Gasteiger charge is -2.28. The summed E-state index contributed by atoms with van der Waals surface area (Å²) in [5.41, 5.74) is 3.28. The maximum atomic E-state index is 13.0. The van der Waals surface area contributed by atoms with Gasteiger partial charge in [0.25, 0.3) is 5.56 Å². The van der Waals surface area contributed by atoms with Gasteiger partial charge in [-0.1, -0.05) is 41.9 Å². The molecular weight excluding hydrogens is 400 g/mol. The van der Waals surface area contributed by atoms with E-state index in [9.17, 15) is 9.59 Å². The zero-order chi connectivity index (χ0) is 21.1. The van der Waals surface area contributed by atoms with Crippen molar-refractivity contribution in [1.82, 2.24) is 14.5 Å². The predicted octanol–water partition coefficient (Wildman–Crippen LogP) is 3.40. The molecule has 0 unspecified atom stereocenters. The Balaban J connectivity index is 1.48. The Morgan fingerprint density at radius 2 is 1.87 bits per heavy atom. The van der Waals surface area contributed by atoms with Gasteiger partial charge in [0.2, 0.25) is 5.91 Å². The SMILES string of the molecule is Cc1nc2c(c(=O)n1CC(=O)Nc1ccc(Cl)cc1)CCN(Cc1ccccc1)C2. The largest absolute Gasteiger partial charge is 0.325 e. The van der Waals surface area contributed by atoms with Crippen LogP contribution in [0.2, 0.25) is 5.02 Å². The number of carbonyl (C=O) groups is 1. The van der Waals surface area contributed by atoms with Crippen LogP contribution in [0.5, 0.6) is 0 Å². The summed E-state index contributed by atoms with van der Waals surface area (Å²) in [6.07, 6.45) is 0.632. The molecule has 7 heteroatoms. The van der Waals surface area contributed by atoms with Crippen molar-refractivity contribution in [2.75, 3.05) is 11.9 Å². The minimum absolute atomic E-state index is 0.0682. The number of nitrogens with one attached hydrogen (secondary N) is 1. The maximum absolute atomic E-state index is 13.0. The van der Waals surface area contributed by atoms with Crippen LogP contribution in [0.4, 0.5) is 5.69 Å². The van der Waals surface area contributed by atoms with E-state index in [0.29, 0.717) is 35.1 Å². The molecule has 1 N–H and O–H groups in total. The van der Waals surface area contributed by atoms with Crippen molar-refractivity contribution in [2.45, 2.75) is 33.0 Å². The Kier molecular flexibility index (Phi) is 5.97. The normalized spacial score (nSPS) is 13.7. The van der Waals surface area contributed by atoms with Crippen molar-refractivity contribution in [3.8, 4) is 0 Å². The Morgan fingerprint density at radius 3 is 2.60 bits per heavy atom. The van der Waals surface area contributed by atoms with Gasteiger partial charge in [-0.2, -0.15) is 0 Å². The lowest BCUT2D eigenvalue weighted by molar-refractivity contribution is -0.116. The van der Waals surface area contributed by atoms with Gasteiger partial charge < -0.3 is 5.32 Å². The average Bonchev–Trinajstić information content (AvgIpc) is 2.73. The first-order chi connectivity index (χ1) is 14.5. The molecule has 2 heterocycles. The molecule has 0 saturated heterocycles. The van der Waals surface area contributed by atoms with Crippen LogP contribution in [0.1, 0.15) is 22.6 Å². The summed E-state index contributed by atoms with van der Waals surface area (Å²) in [5, 5.41) is 3.39. The number of halogens is 1. The summed E-state index contributed by atoms with van der Waals surface area (Å²) in [6, 6.07) is 17.1. The molecule has 0 aliphatic carbocycles. The number of nitrogens with zero attached hydrogens (tertiary/aromatic N) is 3. The molecule has 1 aliphatic rings. The molecule has 3 aromatic rings. The molecule has 0 fully saturated rings. The predicted molar refractivity (Wildman–Crippen MR) is 118 cm³/mol. The molecule has 1 aromatic heterocycles. The van der Waals surface area contributed by atoms with E-state index in [1.165, 1.54) is 10.1 Å². The van der Waals surface area contributed by atoms with Gasteiger partial charge in [0, 0.05) is 35.9 Å². The second-order valence-electron chi connectivity index (χ2n) is 7.48. The first-order valence-corrected chi connectivity index (χ1v) is 10.3. The monoisotopic (exact) mass is 422 g/mol. The van der Waals surface area contributed by atoms with Gasteiger partial charge in [0.15, 0.2) is 0 Å². The zero-order valence-electron chi connectivity index (χ0n) is 16.8. The number of fused-ring (bicyclic) bond motifs is 1. The van der Waals surface area contributed by atoms with Crippen molar-refractivity contribution >= 4 is 23.2 Å². The number of aryl methyl sites for hydroxylation is 1. The van der Waals surface area contributed by atoms with Crippen LogP contribution in [0.25, 0.3) is 0 Å². The van der Waals surface area contributed by atoms with E-state index >= 15 is 0 Å². The number of anilines is 1. The summed E-state index contributed by atoms with van der Waals surface area (Å²) in [6.45, 7) is 3.96. The molecular formula is C23H23ClN4O2. The van der Waals surface area contributed by atoms with Crippen molar-refractivity contribution in [2.24, 2.45) is 0 Å². The fourth-order valence-electron chi connectivity index (χ4n) is 3.74. The Hall–Kier alpha value is -2.96. The van der Waals surface area contributed by atoms with Gasteiger partial charge in [-0.3, -0.25) is 19.1 Å². The van der Waals surface area contributed by atoms with Gasteiger partial charge in [0.1, 0.15) is 12.4 Å². The summed E-state index contributed by atoms with van der Waals surface area (Å²) in [4.78, 5) is 32.4. The summed E-state index contributed by atoms with van der Waals surface area (Å²) >= 11 is 5.87. The minimum atomic E-state index is -0.272. The van der Waals surface area contributed by atoms with Crippen molar-refractivity contribution in [1.29, 1.82) is 0 Å². The summed E-state index contributed by atoms with van der Waals surface area (Å²) in [7, 11) is 0. The van der Waals surface area contributed by atoms with E-state index in [2.05, 4.69) is 27.3 Å². The quantitative estimate of drug-likeness (QED) is 0.684. The average molecular weight is 423 g/mol. The molecule has 4 rings (SSSR count). The van der Waals surface area contributed by atoms with Crippen LogP contribution in [-0.2, 0) is 30.8 Å². The van der Waals surface area contributed by atoms with E-state index in [1.807, 2.05) is 18.2 Å². The highest BCUT2D eigenvalue weighted by molar-refractivity contribution is 6.30. The van der Waals surface area contributed by atoms with Crippen molar-refractivity contribution < 1.29 is 4.79 Å². The molecule has 0 atom stereocenters. The number of benzene rings is 2. The molecule has 0 spiro atoms. The standard InChI is InChI=1S/C23H23ClN4O2/c1-16-25-21-14-27(13-17-5-3-2-4-6-17)12-11-20(21)23(30)28(16)15-22(29)26-19-9-7-18(24)8-10-19/h2-10H,11-15H2,1H3,(H,26,29). The number of amides is 1. The fraction of sp³-hybridized carbons (Fsp3) is 0.261. The van der Waals surface area contributed by atoms with Crippen LogP contribution in [0, 0.1) is 6.92 Å². The topological polar surface area (TPSA) is 67.2 Å². The zero-order valence-corrected chi connectivity index (χ0v) is 17.5. The lowest BCUT2D eigenvalue weighted by atomic mass is 10.1. The molecule has 2 aromatic carbocycles. The van der Waals surface area contributed by atoms with Crippen LogP contribution in [0.3, 0.4) is 0 Å². The van der Waals surface area contributed by atoms with Gasteiger partial charge in [-0.15, -0.1) is 0 Å². The fourth-order valence-corrected chi connectivity index (χ4v) is 3.87.